The minimum atomic E-state index is -0.192. The fourth-order valence-corrected chi connectivity index (χ4v) is 4.23. The molecule has 2 aliphatic rings. The highest BCUT2D eigenvalue weighted by atomic mass is 19.1. The lowest BCUT2D eigenvalue weighted by Crippen LogP contribution is -2.43. The number of piperidine rings is 1. The lowest BCUT2D eigenvalue weighted by molar-refractivity contribution is -0.128. The molecule has 0 bridgehead atoms. The second kappa shape index (κ2) is 8.82. The van der Waals surface area contributed by atoms with Crippen LogP contribution >= 0.6 is 0 Å². The Morgan fingerprint density at radius 3 is 2.46 bits per heavy atom. The van der Waals surface area contributed by atoms with Gasteiger partial charge in [-0.3, -0.25) is 14.7 Å². The van der Waals surface area contributed by atoms with Crippen molar-refractivity contribution >= 4 is 5.91 Å². The summed E-state index contributed by atoms with van der Waals surface area (Å²) in [5.74, 6) is 0.576. The molecular weight excluding hydrogens is 353 g/mol. The van der Waals surface area contributed by atoms with Crippen molar-refractivity contribution in [2.45, 2.75) is 44.7 Å². The topological polar surface area (TPSA) is 45.2 Å². The number of rotatable bonds is 6. The molecule has 1 aliphatic carbocycles. The van der Waals surface area contributed by atoms with Crippen molar-refractivity contribution in [3.63, 3.8) is 0 Å². The number of nitrogens with zero attached hydrogens (tertiary/aromatic N) is 2. The van der Waals surface area contributed by atoms with E-state index in [0.717, 1.165) is 63.0 Å². The van der Waals surface area contributed by atoms with Crippen LogP contribution in [0.1, 0.15) is 49.4 Å². The average molecular weight is 381 g/mol. The molecule has 2 fully saturated rings. The van der Waals surface area contributed by atoms with Crippen LogP contribution in [0.3, 0.4) is 0 Å². The van der Waals surface area contributed by atoms with Crippen molar-refractivity contribution in [1.82, 2.24) is 15.2 Å². The fourth-order valence-electron chi connectivity index (χ4n) is 4.23. The van der Waals surface area contributed by atoms with Crippen molar-refractivity contribution in [2.75, 3.05) is 13.1 Å². The van der Waals surface area contributed by atoms with E-state index in [2.05, 4.69) is 15.2 Å². The molecule has 1 aromatic heterocycles. The summed E-state index contributed by atoms with van der Waals surface area (Å²) >= 11 is 0. The SMILES string of the molecule is O=C(N[C@H](c1ccccn1)C1CCN(Cc2ccc(F)cc2)CC1)C1CCC1. The minimum Gasteiger partial charge on any atom is -0.347 e. The standard InChI is InChI=1S/C23H28FN3O/c24-20-9-7-17(8-10-20)16-27-14-11-18(12-15-27)22(21-6-1-2-13-25-21)26-23(28)19-4-3-5-19/h1-2,6-10,13,18-19,22H,3-5,11-12,14-16H2,(H,26,28)/t22-/m0/s1. The first-order chi connectivity index (χ1) is 13.7. The number of likely N-dealkylation sites (tertiary alicyclic amines) is 1. The van der Waals surface area contributed by atoms with E-state index in [1.165, 1.54) is 12.1 Å². The molecule has 148 valence electrons. The van der Waals surface area contributed by atoms with E-state index in [1.54, 1.807) is 0 Å². The molecule has 1 aromatic carbocycles. The Balaban J connectivity index is 1.38. The van der Waals surface area contributed by atoms with Gasteiger partial charge in [-0.15, -0.1) is 0 Å². The molecule has 0 unspecified atom stereocenters. The van der Waals surface area contributed by atoms with Crippen LogP contribution in [0.5, 0.6) is 0 Å². The third kappa shape index (κ3) is 4.58. The van der Waals surface area contributed by atoms with Gasteiger partial charge in [-0.1, -0.05) is 24.6 Å². The van der Waals surface area contributed by atoms with E-state index in [9.17, 15) is 9.18 Å². The quantitative estimate of drug-likeness (QED) is 0.820. The maximum absolute atomic E-state index is 13.1. The monoisotopic (exact) mass is 381 g/mol. The number of benzene rings is 1. The molecule has 4 rings (SSSR count). The van der Waals surface area contributed by atoms with Crippen LogP contribution in [0.25, 0.3) is 0 Å². The summed E-state index contributed by atoms with van der Waals surface area (Å²) in [6.07, 6.45) is 7.03. The highest BCUT2D eigenvalue weighted by Gasteiger charge is 2.33. The summed E-state index contributed by atoms with van der Waals surface area (Å²) in [4.78, 5) is 19.6. The molecule has 1 aliphatic heterocycles. The molecule has 1 saturated heterocycles. The number of hydrogen-bond acceptors (Lipinski definition) is 3. The van der Waals surface area contributed by atoms with Crippen LogP contribution in [0.4, 0.5) is 4.39 Å². The van der Waals surface area contributed by atoms with Gasteiger partial charge in [0.2, 0.25) is 5.91 Å². The number of hydrogen-bond donors (Lipinski definition) is 1. The van der Waals surface area contributed by atoms with E-state index >= 15 is 0 Å². The number of aromatic nitrogens is 1. The maximum atomic E-state index is 13.1. The Hall–Kier alpha value is -2.27. The van der Waals surface area contributed by atoms with Crippen LogP contribution in [-0.2, 0) is 11.3 Å². The Morgan fingerprint density at radius 2 is 1.86 bits per heavy atom. The second-order valence-corrected chi connectivity index (χ2v) is 8.11. The molecule has 2 aromatic rings. The van der Waals surface area contributed by atoms with Crippen LogP contribution in [0, 0.1) is 17.7 Å². The third-order valence-electron chi connectivity index (χ3n) is 6.20. The molecule has 1 N–H and O–H groups in total. The number of pyridine rings is 1. The van der Waals surface area contributed by atoms with Gasteiger partial charge in [0, 0.05) is 18.7 Å². The predicted molar refractivity (Wildman–Crippen MR) is 107 cm³/mol. The molecule has 2 heterocycles. The van der Waals surface area contributed by atoms with Gasteiger partial charge in [0.25, 0.3) is 0 Å². The first kappa shape index (κ1) is 19.1. The summed E-state index contributed by atoms with van der Waals surface area (Å²) in [5.41, 5.74) is 2.10. The molecule has 0 radical (unpaired) electrons. The Bertz CT molecular complexity index is 768. The van der Waals surface area contributed by atoms with Gasteiger partial charge < -0.3 is 5.32 Å². The molecule has 28 heavy (non-hydrogen) atoms. The van der Waals surface area contributed by atoms with E-state index in [1.807, 2.05) is 36.5 Å². The molecule has 1 saturated carbocycles. The average Bonchev–Trinajstić information content (AvgIpc) is 2.68. The fraction of sp³-hybridized carbons (Fsp3) is 0.478. The smallest absolute Gasteiger partial charge is 0.223 e. The van der Waals surface area contributed by atoms with E-state index < -0.39 is 0 Å². The van der Waals surface area contributed by atoms with Crippen molar-refractivity contribution < 1.29 is 9.18 Å². The van der Waals surface area contributed by atoms with E-state index in [4.69, 9.17) is 0 Å². The highest BCUT2D eigenvalue weighted by Crippen LogP contribution is 2.33. The van der Waals surface area contributed by atoms with Crippen LogP contribution in [0.2, 0.25) is 0 Å². The zero-order valence-electron chi connectivity index (χ0n) is 16.2. The molecule has 0 spiro atoms. The lowest BCUT2D eigenvalue weighted by Gasteiger charge is -2.37. The first-order valence-electron chi connectivity index (χ1n) is 10.4. The maximum Gasteiger partial charge on any atom is 0.223 e. The minimum absolute atomic E-state index is 0.0118. The van der Waals surface area contributed by atoms with Crippen molar-refractivity contribution in [2.24, 2.45) is 11.8 Å². The van der Waals surface area contributed by atoms with Crippen LogP contribution in [0.15, 0.2) is 48.7 Å². The highest BCUT2D eigenvalue weighted by molar-refractivity contribution is 5.79. The Kier molecular flexibility index (Phi) is 6.01. The van der Waals surface area contributed by atoms with Crippen LogP contribution < -0.4 is 5.32 Å². The summed E-state index contributed by atoms with van der Waals surface area (Å²) in [6.45, 7) is 2.80. The van der Waals surface area contributed by atoms with Crippen molar-refractivity contribution in [3.8, 4) is 0 Å². The van der Waals surface area contributed by atoms with Gasteiger partial charge >= 0.3 is 0 Å². The van der Waals surface area contributed by atoms with Gasteiger partial charge in [-0.2, -0.15) is 0 Å². The molecule has 1 amide bonds. The first-order valence-corrected chi connectivity index (χ1v) is 10.4. The largest absolute Gasteiger partial charge is 0.347 e. The zero-order valence-corrected chi connectivity index (χ0v) is 16.2. The van der Waals surface area contributed by atoms with Crippen LogP contribution in [-0.4, -0.2) is 28.9 Å². The van der Waals surface area contributed by atoms with Gasteiger partial charge in [0.15, 0.2) is 0 Å². The van der Waals surface area contributed by atoms with Gasteiger partial charge in [-0.25, -0.2) is 4.39 Å². The number of halogens is 1. The Morgan fingerprint density at radius 1 is 1.11 bits per heavy atom. The van der Waals surface area contributed by atoms with E-state index in [-0.39, 0.29) is 23.7 Å². The lowest BCUT2D eigenvalue weighted by atomic mass is 9.83. The van der Waals surface area contributed by atoms with Gasteiger partial charge in [0.05, 0.1) is 11.7 Å². The van der Waals surface area contributed by atoms with Crippen molar-refractivity contribution in [3.05, 3.63) is 65.7 Å². The molecule has 1 atom stereocenters. The molecule has 5 heteroatoms. The van der Waals surface area contributed by atoms with Gasteiger partial charge in [-0.05, 0) is 74.5 Å². The number of nitrogens with one attached hydrogen (secondary N) is 1. The summed E-state index contributed by atoms with van der Waals surface area (Å²) in [6, 6.07) is 12.7. The summed E-state index contributed by atoms with van der Waals surface area (Å²) in [7, 11) is 0. The van der Waals surface area contributed by atoms with Gasteiger partial charge in [0.1, 0.15) is 5.82 Å². The molecular formula is C23H28FN3O. The number of carbonyl (C=O) groups is 1. The molecule has 4 nitrogen and oxygen atoms in total. The number of amides is 1. The van der Waals surface area contributed by atoms with Crippen molar-refractivity contribution in [1.29, 1.82) is 0 Å². The zero-order chi connectivity index (χ0) is 19.3. The van der Waals surface area contributed by atoms with E-state index in [0.29, 0.717) is 5.92 Å². The third-order valence-corrected chi connectivity index (χ3v) is 6.20. The number of carbonyl (C=O) groups excluding carboxylic acids is 1. The predicted octanol–water partition coefficient (Wildman–Crippen LogP) is 4.09. The second-order valence-electron chi connectivity index (χ2n) is 8.11. The Labute approximate surface area is 166 Å². The summed E-state index contributed by atoms with van der Waals surface area (Å²) < 4.78 is 13.1. The normalized spacial score (nSPS) is 19.8. The summed E-state index contributed by atoms with van der Waals surface area (Å²) in [5, 5.41) is 3.31.